The van der Waals surface area contributed by atoms with Gasteiger partial charge in [0.05, 0.1) is 6.61 Å². The molecule has 0 radical (unpaired) electrons. The molecule has 1 rings (SSSR count). The summed E-state index contributed by atoms with van der Waals surface area (Å²) < 4.78 is 0. The summed E-state index contributed by atoms with van der Waals surface area (Å²) in [7, 11) is 1.95. The summed E-state index contributed by atoms with van der Waals surface area (Å²) in [6.45, 7) is 8.19. The van der Waals surface area contributed by atoms with Crippen LogP contribution in [0.3, 0.4) is 0 Å². The summed E-state index contributed by atoms with van der Waals surface area (Å²) in [6, 6.07) is 6.90. The van der Waals surface area contributed by atoms with Gasteiger partial charge < -0.3 is 15.3 Å². The minimum absolute atomic E-state index is 0.190. The monoisotopic (exact) mass is 236 g/mol. The normalized spacial score (nSPS) is 10.9. The Labute approximate surface area is 104 Å². The number of hydrogen-bond donors (Lipinski definition) is 2. The molecule has 0 heterocycles. The van der Waals surface area contributed by atoms with Crippen molar-refractivity contribution in [2.45, 2.75) is 33.4 Å². The van der Waals surface area contributed by atoms with Crippen molar-refractivity contribution in [1.82, 2.24) is 5.32 Å². The Bertz CT molecular complexity index is 350. The van der Waals surface area contributed by atoms with Crippen LogP contribution in [-0.4, -0.2) is 31.3 Å². The molecule has 0 aliphatic carbocycles. The van der Waals surface area contributed by atoms with E-state index in [1.165, 1.54) is 16.8 Å². The van der Waals surface area contributed by atoms with Crippen molar-refractivity contribution in [3.8, 4) is 0 Å². The number of benzene rings is 1. The number of nitrogens with one attached hydrogen (secondary N) is 1. The van der Waals surface area contributed by atoms with E-state index in [0.29, 0.717) is 12.6 Å². The highest BCUT2D eigenvalue weighted by Gasteiger charge is 2.12. The Morgan fingerprint density at radius 3 is 2.53 bits per heavy atom. The van der Waals surface area contributed by atoms with Gasteiger partial charge in [-0.3, -0.25) is 0 Å². The van der Waals surface area contributed by atoms with E-state index in [2.05, 4.69) is 49.2 Å². The van der Waals surface area contributed by atoms with Gasteiger partial charge in [-0.2, -0.15) is 0 Å². The third-order valence-corrected chi connectivity index (χ3v) is 2.92. The summed E-state index contributed by atoms with van der Waals surface area (Å²) in [5.41, 5.74) is 3.77. The van der Waals surface area contributed by atoms with Crippen LogP contribution in [0.4, 0.5) is 5.69 Å². The Balaban J connectivity index is 2.95. The molecule has 0 saturated carbocycles. The van der Waals surface area contributed by atoms with Crippen LogP contribution in [0.1, 0.15) is 25.0 Å². The molecule has 0 aromatic heterocycles. The van der Waals surface area contributed by atoms with Gasteiger partial charge >= 0.3 is 0 Å². The van der Waals surface area contributed by atoms with Crippen LogP contribution >= 0.6 is 0 Å². The van der Waals surface area contributed by atoms with E-state index >= 15 is 0 Å². The summed E-state index contributed by atoms with van der Waals surface area (Å²) in [5, 5.41) is 12.3. The lowest BCUT2D eigenvalue weighted by Crippen LogP contribution is -2.34. The molecular weight excluding hydrogens is 212 g/mol. The van der Waals surface area contributed by atoms with Crippen LogP contribution in [0.2, 0.25) is 0 Å². The van der Waals surface area contributed by atoms with Gasteiger partial charge in [-0.1, -0.05) is 12.1 Å². The van der Waals surface area contributed by atoms with Gasteiger partial charge in [0.1, 0.15) is 0 Å². The smallest absolute Gasteiger partial charge is 0.0606 e. The van der Waals surface area contributed by atoms with Crippen molar-refractivity contribution in [2.24, 2.45) is 0 Å². The van der Waals surface area contributed by atoms with Gasteiger partial charge in [0, 0.05) is 24.8 Å². The van der Waals surface area contributed by atoms with Crippen LogP contribution in [0.25, 0.3) is 0 Å². The highest BCUT2D eigenvalue weighted by atomic mass is 16.3. The first-order valence-electron chi connectivity index (χ1n) is 6.21. The van der Waals surface area contributed by atoms with E-state index < -0.39 is 0 Å². The maximum Gasteiger partial charge on any atom is 0.0606 e. The topological polar surface area (TPSA) is 35.5 Å². The SMILES string of the molecule is CNCc1ccc(N(CCO)C(C)C)c(C)c1. The Kier molecular flexibility index (Phi) is 5.45. The third kappa shape index (κ3) is 3.72. The Morgan fingerprint density at radius 1 is 1.35 bits per heavy atom. The highest BCUT2D eigenvalue weighted by Crippen LogP contribution is 2.23. The predicted octanol–water partition coefficient (Wildman–Crippen LogP) is 1.92. The van der Waals surface area contributed by atoms with Crippen LogP contribution < -0.4 is 10.2 Å². The van der Waals surface area contributed by atoms with Gasteiger partial charge in [-0.25, -0.2) is 0 Å². The van der Waals surface area contributed by atoms with Gasteiger partial charge in [0.15, 0.2) is 0 Å². The number of hydrogen-bond acceptors (Lipinski definition) is 3. The fourth-order valence-electron chi connectivity index (χ4n) is 2.12. The fourth-order valence-corrected chi connectivity index (χ4v) is 2.12. The summed E-state index contributed by atoms with van der Waals surface area (Å²) >= 11 is 0. The van der Waals surface area contributed by atoms with Crippen LogP contribution in [-0.2, 0) is 6.54 Å². The molecule has 3 heteroatoms. The quantitative estimate of drug-likeness (QED) is 0.792. The first-order chi connectivity index (χ1) is 8.10. The Hall–Kier alpha value is -1.06. The van der Waals surface area contributed by atoms with Crippen LogP contribution in [0, 0.1) is 6.92 Å². The molecule has 0 atom stereocenters. The van der Waals surface area contributed by atoms with E-state index in [9.17, 15) is 0 Å². The van der Waals surface area contributed by atoms with Gasteiger partial charge in [-0.05, 0) is 45.0 Å². The van der Waals surface area contributed by atoms with E-state index in [-0.39, 0.29) is 6.61 Å². The van der Waals surface area contributed by atoms with Crippen molar-refractivity contribution < 1.29 is 5.11 Å². The van der Waals surface area contributed by atoms with Crippen LogP contribution in [0.15, 0.2) is 18.2 Å². The number of anilines is 1. The molecule has 17 heavy (non-hydrogen) atoms. The summed E-state index contributed by atoms with van der Waals surface area (Å²) in [5.74, 6) is 0. The van der Waals surface area contributed by atoms with Crippen LogP contribution in [0.5, 0.6) is 0 Å². The zero-order chi connectivity index (χ0) is 12.8. The van der Waals surface area contributed by atoms with Gasteiger partial charge in [-0.15, -0.1) is 0 Å². The molecule has 0 aliphatic heterocycles. The fraction of sp³-hybridized carbons (Fsp3) is 0.571. The molecule has 0 aliphatic rings. The molecule has 2 N–H and O–H groups in total. The van der Waals surface area contributed by atoms with Crippen molar-refractivity contribution in [3.63, 3.8) is 0 Å². The van der Waals surface area contributed by atoms with E-state index in [0.717, 1.165) is 6.54 Å². The third-order valence-electron chi connectivity index (χ3n) is 2.92. The lowest BCUT2D eigenvalue weighted by Gasteiger charge is -2.30. The molecule has 3 nitrogen and oxygen atoms in total. The molecule has 0 bridgehead atoms. The minimum atomic E-state index is 0.190. The molecule has 0 saturated heterocycles. The molecule has 0 fully saturated rings. The minimum Gasteiger partial charge on any atom is -0.395 e. The lowest BCUT2D eigenvalue weighted by molar-refractivity contribution is 0.299. The second-order valence-electron chi connectivity index (χ2n) is 4.66. The second-order valence-corrected chi connectivity index (χ2v) is 4.66. The molecule has 1 aromatic rings. The van der Waals surface area contributed by atoms with Crippen molar-refractivity contribution >= 4 is 5.69 Å². The largest absolute Gasteiger partial charge is 0.395 e. The predicted molar refractivity (Wildman–Crippen MR) is 73.5 cm³/mol. The molecule has 96 valence electrons. The number of nitrogens with zero attached hydrogens (tertiary/aromatic N) is 1. The molecule has 0 amide bonds. The first-order valence-corrected chi connectivity index (χ1v) is 6.21. The van der Waals surface area contributed by atoms with Gasteiger partial charge in [0.25, 0.3) is 0 Å². The van der Waals surface area contributed by atoms with E-state index in [4.69, 9.17) is 5.11 Å². The zero-order valence-corrected chi connectivity index (χ0v) is 11.3. The highest BCUT2D eigenvalue weighted by molar-refractivity contribution is 5.55. The van der Waals surface area contributed by atoms with Crippen molar-refractivity contribution in [1.29, 1.82) is 0 Å². The molecule has 0 spiro atoms. The second kappa shape index (κ2) is 6.62. The average molecular weight is 236 g/mol. The number of aliphatic hydroxyl groups is 1. The standard InChI is InChI=1S/C14H24N2O/c1-11(2)16(7-8-17)14-6-5-13(10-15-4)9-12(14)3/h5-6,9,11,15,17H,7-8,10H2,1-4H3. The van der Waals surface area contributed by atoms with Crippen molar-refractivity contribution in [3.05, 3.63) is 29.3 Å². The first kappa shape index (κ1) is 14.0. The summed E-state index contributed by atoms with van der Waals surface area (Å²) in [6.07, 6.45) is 0. The molecular formula is C14H24N2O. The lowest BCUT2D eigenvalue weighted by atomic mass is 10.1. The summed E-state index contributed by atoms with van der Waals surface area (Å²) in [4.78, 5) is 2.23. The van der Waals surface area contributed by atoms with E-state index in [1.54, 1.807) is 0 Å². The Morgan fingerprint density at radius 2 is 2.06 bits per heavy atom. The maximum absolute atomic E-state index is 9.12. The van der Waals surface area contributed by atoms with Gasteiger partial charge in [0.2, 0.25) is 0 Å². The van der Waals surface area contributed by atoms with Crippen molar-refractivity contribution in [2.75, 3.05) is 25.1 Å². The molecule has 0 unspecified atom stereocenters. The maximum atomic E-state index is 9.12. The number of rotatable bonds is 6. The average Bonchev–Trinajstić information content (AvgIpc) is 2.27. The molecule has 1 aromatic carbocycles. The van der Waals surface area contributed by atoms with E-state index in [1.807, 2.05) is 7.05 Å². The number of aryl methyl sites for hydroxylation is 1. The zero-order valence-electron chi connectivity index (χ0n) is 11.3. The number of aliphatic hydroxyl groups excluding tert-OH is 1.